The van der Waals surface area contributed by atoms with Crippen LogP contribution in [0.4, 0.5) is 0 Å². The summed E-state index contributed by atoms with van der Waals surface area (Å²) in [5.41, 5.74) is 2.03. The average molecular weight is 307 g/mol. The van der Waals surface area contributed by atoms with E-state index < -0.39 is 10.2 Å². The Labute approximate surface area is 123 Å². The molecule has 0 aliphatic heterocycles. The molecule has 0 aliphatic carbocycles. The first-order valence-electron chi connectivity index (χ1n) is 5.92. The van der Waals surface area contributed by atoms with Gasteiger partial charge in [-0.1, -0.05) is 30.3 Å². The highest BCUT2D eigenvalue weighted by molar-refractivity contribution is 5.78. The molecule has 3 rings (SSSR count). The Bertz CT molecular complexity index is 704. The van der Waals surface area contributed by atoms with Gasteiger partial charge in [0, 0.05) is 12.1 Å². The van der Waals surface area contributed by atoms with Gasteiger partial charge in [0.15, 0.2) is 0 Å². The molecule has 1 aromatic heterocycles. The normalized spacial score (nSPS) is 10.9. The molecule has 21 heavy (non-hydrogen) atoms. The number of hydrogen-bond donors (Lipinski definition) is 0. The second-order valence-corrected chi connectivity index (χ2v) is 4.84. The molecule has 1 heterocycles. The lowest BCUT2D eigenvalue weighted by molar-refractivity contribution is -2.00. The molecular weight excluding hydrogens is 296 g/mol. The minimum atomic E-state index is -4.94. The van der Waals surface area contributed by atoms with E-state index in [1.807, 2.05) is 60.7 Å². The summed E-state index contributed by atoms with van der Waals surface area (Å²) in [6.45, 7) is 0. The van der Waals surface area contributed by atoms with E-state index in [4.69, 9.17) is 23.1 Å². The number of para-hydroxylation sites is 1. The van der Waals surface area contributed by atoms with Crippen LogP contribution >= 0.6 is 0 Å². The Morgan fingerprint density at radius 1 is 0.667 bits per heavy atom. The maximum Gasteiger partial charge on any atom is 0.360 e. The van der Waals surface area contributed by atoms with Gasteiger partial charge in [-0.15, -0.1) is 10.2 Å². The monoisotopic (exact) mass is 306 g/mol. The molecule has 0 spiro atoms. The molecular formula is C15H11ClO5. The number of benzene rings is 2. The summed E-state index contributed by atoms with van der Waals surface area (Å²) in [6.07, 6.45) is 0. The van der Waals surface area contributed by atoms with E-state index in [-0.39, 0.29) is 0 Å². The molecule has 0 saturated carbocycles. The van der Waals surface area contributed by atoms with Gasteiger partial charge in [0.1, 0.15) is 0 Å². The summed E-state index contributed by atoms with van der Waals surface area (Å²) >= 11 is 0. The highest BCUT2D eigenvalue weighted by Gasteiger charge is 2.12. The minimum Gasteiger partial charge on any atom is -0.222 e. The first kappa shape index (κ1) is 15.4. The van der Waals surface area contributed by atoms with Crippen molar-refractivity contribution in [2.24, 2.45) is 0 Å². The Kier molecular flexibility index (Phi) is 4.85. The number of halogens is 1. The lowest BCUT2D eigenvalue weighted by atomic mass is 10.1. The molecule has 0 N–H and O–H groups in total. The highest BCUT2D eigenvalue weighted by Crippen LogP contribution is 2.23. The molecule has 5 nitrogen and oxygen atoms in total. The van der Waals surface area contributed by atoms with Gasteiger partial charge in [0.25, 0.3) is 0 Å². The lowest BCUT2D eigenvalue weighted by Crippen LogP contribution is -2.68. The molecule has 0 fully saturated rings. The van der Waals surface area contributed by atoms with Crippen molar-refractivity contribution < 1.29 is 33.3 Å². The van der Waals surface area contributed by atoms with Crippen molar-refractivity contribution in [3.8, 4) is 11.3 Å². The van der Waals surface area contributed by atoms with E-state index in [1.165, 1.54) is 0 Å². The molecule has 6 heteroatoms. The fraction of sp³-hybridized carbons (Fsp3) is 0. The summed E-state index contributed by atoms with van der Waals surface area (Å²) < 4.78 is 39.8. The van der Waals surface area contributed by atoms with Gasteiger partial charge in [-0.2, -0.15) is 0 Å². The van der Waals surface area contributed by atoms with Crippen molar-refractivity contribution in [3.05, 3.63) is 66.7 Å². The first-order chi connectivity index (χ1) is 9.93. The molecule has 0 aliphatic rings. The fourth-order valence-electron chi connectivity index (χ4n) is 1.79. The maximum absolute atomic E-state index is 8.49. The van der Waals surface area contributed by atoms with E-state index in [2.05, 4.69) is 6.07 Å². The number of hydrogen-bond acceptors (Lipinski definition) is 4. The van der Waals surface area contributed by atoms with Gasteiger partial charge in [0.05, 0.1) is 10.9 Å². The number of fused-ring (bicyclic) bond motifs is 1. The van der Waals surface area contributed by atoms with Crippen molar-refractivity contribution in [3.63, 3.8) is 0 Å². The molecule has 0 amide bonds. The number of rotatable bonds is 1. The van der Waals surface area contributed by atoms with Crippen LogP contribution in [0.3, 0.4) is 0 Å². The summed E-state index contributed by atoms with van der Waals surface area (Å²) in [5, 5.41) is 1.13. The third kappa shape index (κ3) is 5.11. The zero-order valence-electron chi connectivity index (χ0n) is 10.8. The van der Waals surface area contributed by atoms with E-state index in [0.717, 1.165) is 22.3 Å². The quantitative estimate of drug-likeness (QED) is 0.570. The summed E-state index contributed by atoms with van der Waals surface area (Å²) in [7, 11) is -4.94. The molecule has 0 saturated heterocycles. The Morgan fingerprint density at radius 3 is 1.90 bits per heavy atom. The molecule has 0 unspecified atom stereocenters. The smallest absolute Gasteiger partial charge is 0.222 e. The molecule has 3 aromatic rings. The van der Waals surface area contributed by atoms with Crippen molar-refractivity contribution in [2.75, 3.05) is 0 Å². The van der Waals surface area contributed by atoms with Gasteiger partial charge >= 0.3 is 11.3 Å². The van der Waals surface area contributed by atoms with Crippen LogP contribution in [0.25, 0.3) is 22.3 Å². The van der Waals surface area contributed by atoms with Crippen LogP contribution in [0.2, 0.25) is 0 Å². The van der Waals surface area contributed by atoms with Crippen LogP contribution < -0.4 is 18.6 Å². The predicted octanol–water partition coefficient (Wildman–Crippen LogP) is -0.375. The van der Waals surface area contributed by atoms with Crippen molar-refractivity contribution >= 4 is 11.0 Å². The van der Waals surface area contributed by atoms with Gasteiger partial charge < -0.3 is 0 Å². The topological polar surface area (TPSA) is 104 Å². The van der Waals surface area contributed by atoms with E-state index in [9.17, 15) is 0 Å². The standard InChI is InChI=1S/C15H11O.ClHO4/c1-2-6-12(7-3-1)15-11-10-13-8-4-5-9-14(13)16-15;2-1(3,4)5/h1-11H;(H,2,3,4,5)/q+1;/p-1. The minimum absolute atomic E-state index is 0.902. The molecule has 2 aromatic carbocycles. The molecule has 0 atom stereocenters. The Morgan fingerprint density at radius 2 is 1.24 bits per heavy atom. The van der Waals surface area contributed by atoms with Crippen molar-refractivity contribution in [1.82, 2.24) is 0 Å². The van der Waals surface area contributed by atoms with Gasteiger partial charge in [0.2, 0.25) is 0 Å². The predicted molar refractivity (Wildman–Crippen MR) is 66.1 cm³/mol. The van der Waals surface area contributed by atoms with Crippen LogP contribution in [0.15, 0.2) is 71.1 Å². The van der Waals surface area contributed by atoms with Crippen LogP contribution in [0.1, 0.15) is 0 Å². The van der Waals surface area contributed by atoms with E-state index >= 15 is 0 Å². The lowest BCUT2D eigenvalue weighted by Gasteiger charge is -2.17. The molecule has 0 bridgehead atoms. The summed E-state index contributed by atoms with van der Waals surface area (Å²) in [5.74, 6) is 0.902. The second-order valence-electron chi connectivity index (χ2n) is 4.08. The van der Waals surface area contributed by atoms with E-state index in [0.29, 0.717) is 0 Å². The van der Waals surface area contributed by atoms with Gasteiger partial charge in [-0.3, -0.25) is 0 Å². The van der Waals surface area contributed by atoms with Gasteiger partial charge in [-0.05, 0) is 24.3 Å². The Balaban J connectivity index is 0.000000282. The van der Waals surface area contributed by atoms with Crippen LogP contribution in [-0.4, -0.2) is 0 Å². The van der Waals surface area contributed by atoms with E-state index in [1.54, 1.807) is 0 Å². The highest BCUT2D eigenvalue weighted by atomic mass is 35.7. The summed E-state index contributed by atoms with van der Waals surface area (Å²) in [4.78, 5) is 0. The Hall–Kier alpha value is -2.02. The SMILES string of the molecule is [O-][Cl+3]([O-])([O-])[O-].c1ccc(-c2ccc3ccccc3[o+]2)cc1. The van der Waals surface area contributed by atoms with Crippen LogP contribution in [-0.2, 0) is 0 Å². The maximum atomic E-state index is 8.49. The average Bonchev–Trinajstić information content (AvgIpc) is 2.46. The third-order valence-corrected chi connectivity index (χ3v) is 2.61. The molecule has 0 radical (unpaired) electrons. The summed E-state index contributed by atoms with van der Waals surface area (Å²) in [6, 6.07) is 22.3. The zero-order chi connectivity index (χ0) is 15.3. The van der Waals surface area contributed by atoms with Crippen molar-refractivity contribution in [2.45, 2.75) is 0 Å². The largest absolute Gasteiger partial charge is 0.360 e. The molecule has 108 valence electrons. The van der Waals surface area contributed by atoms with Crippen molar-refractivity contribution in [1.29, 1.82) is 0 Å². The van der Waals surface area contributed by atoms with Gasteiger partial charge in [-0.25, -0.2) is 23.1 Å². The van der Waals surface area contributed by atoms with Crippen LogP contribution in [0, 0.1) is 10.2 Å². The first-order valence-corrected chi connectivity index (χ1v) is 7.16. The fourth-order valence-corrected chi connectivity index (χ4v) is 1.79. The van der Waals surface area contributed by atoms with Crippen LogP contribution in [0.5, 0.6) is 0 Å². The zero-order valence-corrected chi connectivity index (χ0v) is 11.5. The third-order valence-electron chi connectivity index (χ3n) is 2.61. The second kappa shape index (κ2) is 6.62.